The quantitative estimate of drug-likeness (QED) is 0.798. The van der Waals surface area contributed by atoms with Crippen molar-refractivity contribution in [2.24, 2.45) is 0 Å². The predicted octanol–water partition coefficient (Wildman–Crippen LogP) is 4.00. The molecule has 0 amide bonds. The first kappa shape index (κ1) is 13.1. The van der Waals surface area contributed by atoms with Gasteiger partial charge in [0.15, 0.2) is 0 Å². The minimum Gasteiger partial charge on any atom is -0.497 e. The number of hydrogen-bond donors (Lipinski definition) is 0. The molecule has 0 saturated heterocycles. The molecule has 94 valence electrons. The topological polar surface area (TPSA) is 44.2 Å². The second-order valence-corrected chi connectivity index (χ2v) is 4.71. The van der Waals surface area contributed by atoms with E-state index in [4.69, 9.17) is 21.1 Å². The van der Waals surface area contributed by atoms with Crippen molar-refractivity contribution in [3.05, 3.63) is 39.7 Å². The smallest absolute Gasteiger partial charge is 0.226 e. The van der Waals surface area contributed by atoms with Crippen LogP contribution in [-0.2, 0) is 0 Å². The highest BCUT2D eigenvalue weighted by atomic mass is 79.9. The van der Waals surface area contributed by atoms with Gasteiger partial charge in [-0.25, -0.2) is 9.97 Å². The predicted molar refractivity (Wildman–Crippen MR) is 72.5 cm³/mol. The van der Waals surface area contributed by atoms with Crippen LogP contribution in [0.25, 0.3) is 0 Å². The summed E-state index contributed by atoms with van der Waals surface area (Å²) >= 11 is 9.31. The summed E-state index contributed by atoms with van der Waals surface area (Å²) in [6.45, 7) is 1.80. The van der Waals surface area contributed by atoms with Crippen molar-refractivity contribution in [3.63, 3.8) is 0 Å². The zero-order valence-corrected chi connectivity index (χ0v) is 12.1. The number of benzene rings is 1. The van der Waals surface area contributed by atoms with Crippen molar-refractivity contribution in [2.45, 2.75) is 6.92 Å². The highest BCUT2D eigenvalue weighted by Crippen LogP contribution is 2.33. The average Bonchev–Trinajstić information content (AvgIpc) is 2.37. The van der Waals surface area contributed by atoms with Crippen LogP contribution in [0.2, 0.25) is 5.15 Å². The number of methoxy groups -OCH3 is 1. The van der Waals surface area contributed by atoms with Gasteiger partial charge in [0.2, 0.25) is 5.88 Å². The van der Waals surface area contributed by atoms with Crippen LogP contribution in [0, 0.1) is 6.92 Å². The van der Waals surface area contributed by atoms with E-state index in [1.165, 1.54) is 6.33 Å². The Morgan fingerprint density at radius 3 is 2.72 bits per heavy atom. The third-order valence-electron chi connectivity index (χ3n) is 2.32. The lowest BCUT2D eigenvalue weighted by molar-refractivity contribution is 0.411. The van der Waals surface area contributed by atoms with E-state index in [-0.39, 0.29) is 0 Å². The van der Waals surface area contributed by atoms with E-state index >= 15 is 0 Å². The Kier molecular flexibility index (Phi) is 4.04. The van der Waals surface area contributed by atoms with Gasteiger partial charge in [-0.2, -0.15) is 0 Å². The molecular formula is C12H10BrClN2O2. The average molecular weight is 330 g/mol. The molecular weight excluding hydrogens is 320 g/mol. The molecule has 0 aliphatic rings. The molecule has 0 atom stereocenters. The fourth-order valence-corrected chi connectivity index (χ4v) is 1.88. The highest BCUT2D eigenvalue weighted by Gasteiger charge is 2.10. The fourth-order valence-electron chi connectivity index (χ4n) is 1.31. The number of halogens is 2. The first-order valence-corrected chi connectivity index (χ1v) is 6.27. The summed E-state index contributed by atoms with van der Waals surface area (Å²) in [4.78, 5) is 7.92. The van der Waals surface area contributed by atoms with Gasteiger partial charge in [-0.1, -0.05) is 11.6 Å². The summed E-state index contributed by atoms with van der Waals surface area (Å²) < 4.78 is 11.6. The van der Waals surface area contributed by atoms with Crippen molar-refractivity contribution in [3.8, 4) is 17.4 Å². The zero-order chi connectivity index (χ0) is 13.1. The molecule has 1 heterocycles. The molecule has 4 nitrogen and oxygen atoms in total. The molecule has 0 radical (unpaired) electrons. The minimum atomic E-state index is 0.379. The zero-order valence-electron chi connectivity index (χ0n) is 9.78. The lowest BCUT2D eigenvalue weighted by atomic mass is 10.3. The van der Waals surface area contributed by atoms with E-state index in [2.05, 4.69) is 25.9 Å². The molecule has 0 spiro atoms. The van der Waals surface area contributed by atoms with Crippen molar-refractivity contribution in [1.82, 2.24) is 9.97 Å². The second kappa shape index (κ2) is 5.54. The second-order valence-electron chi connectivity index (χ2n) is 3.49. The van der Waals surface area contributed by atoms with Gasteiger partial charge in [-0.15, -0.1) is 0 Å². The maximum atomic E-state index is 5.90. The van der Waals surface area contributed by atoms with Crippen LogP contribution in [-0.4, -0.2) is 17.1 Å². The van der Waals surface area contributed by atoms with Crippen molar-refractivity contribution >= 4 is 27.5 Å². The molecule has 0 N–H and O–H groups in total. The molecule has 6 heteroatoms. The van der Waals surface area contributed by atoms with Crippen molar-refractivity contribution < 1.29 is 9.47 Å². The third kappa shape index (κ3) is 2.73. The molecule has 0 saturated carbocycles. The van der Waals surface area contributed by atoms with Crippen LogP contribution in [0.1, 0.15) is 5.56 Å². The summed E-state index contributed by atoms with van der Waals surface area (Å²) in [6, 6.07) is 5.41. The van der Waals surface area contributed by atoms with Gasteiger partial charge in [0.05, 0.1) is 11.6 Å². The Labute approximate surface area is 118 Å². The van der Waals surface area contributed by atoms with Crippen molar-refractivity contribution in [1.29, 1.82) is 0 Å². The summed E-state index contributed by atoms with van der Waals surface area (Å²) in [5, 5.41) is 0.379. The van der Waals surface area contributed by atoms with Crippen LogP contribution in [0.4, 0.5) is 0 Å². The number of ether oxygens (including phenoxy) is 2. The lowest BCUT2D eigenvalue weighted by Crippen LogP contribution is -1.94. The molecule has 0 fully saturated rings. The Morgan fingerprint density at radius 1 is 1.28 bits per heavy atom. The molecule has 2 aromatic rings. The van der Waals surface area contributed by atoms with E-state index < -0.39 is 0 Å². The van der Waals surface area contributed by atoms with Crippen LogP contribution < -0.4 is 9.47 Å². The van der Waals surface area contributed by atoms with E-state index in [1.54, 1.807) is 26.2 Å². The summed E-state index contributed by atoms with van der Waals surface area (Å²) in [5.74, 6) is 1.81. The van der Waals surface area contributed by atoms with E-state index in [0.29, 0.717) is 22.3 Å². The molecule has 0 unspecified atom stereocenters. The SMILES string of the molecule is COc1ccc(Oc2ncnc(Cl)c2C)c(Br)c1. The van der Waals surface area contributed by atoms with Crippen molar-refractivity contribution in [2.75, 3.05) is 7.11 Å². The Balaban J connectivity index is 2.31. The molecule has 0 aliphatic heterocycles. The Hall–Kier alpha value is -1.33. The largest absolute Gasteiger partial charge is 0.497 e. The minimum absolute atomic E-state index is 0.379. The lowest BCUT2D eigenvalue weighted by Gasteiger charge is -2.10. The van der Waals surface area contributed by atoms with Gasteiger partial charge in [-0.05, 0) is 41.1 Å². The summed E-state index contributed by atoms with van der Waals surface area (Å²) in [6.07, 6.45) is 1.36. The van der Waals surface area contributed by atoms with E-state index in [9.17, 15) is 0 Å². The number of aromatic nitrogens is 2. The third-order valence-corrected chi connectivity index (χ3v) is 3.32. The Bertz CT molecular complexity index is 578. The molecule has 18 heavy (non-hydrogen) atoms. The summed E-state index contributed by atoms with van der Waals surface area (Å²) in [5.41, 5.74) is 0.696. The standard InChI is InChI=1S/C12H10BrClN2O2/c1-7-11(14)15-6-16-12(7)18-10-4-3-8(17-2)5-9(10)13/h3-6H,1-2H3. The van der Waals surface area contributed by atoms with Crippen LogP contribution in [0.3, 0.4) is 0 Å². The number of nitrogens with zero attached hydrogens (tertiary/aromatic N) is 2. The van der Waals surface area contributed by atoms with Crippen LogP contribution in [0.15, 0.2) is 29.0 Å². The molecule has 0 aliphatic carbocycles. The Morgan fingerprint density at radius 2 is 2.06 bits per heavy atom. The number of rotatable bonds is 3. The van der Waals surface area contributed by atoms with Gasteiger partial charge in [-0.3, -0.25) is 0 Å². The van der Waals surface area contributed by atoms with Crippen LogP contribution >= 0.6 is 27.5 Å². The van der Waals surface area contributed by atoms with Gasteiger partial charge < -0.3 is 9.47 Å². The monoisotopic (exact) mass is 328 g/mol. The first-order chi connectivity index (χ1) is 8.61. The molecule has 1 aromatic heterocycles. The first-order valence-electron chi connectivity index (χ1n) is 5.10. The van der Waals surface area contributed by atoms with Gasteiger partial charge in [0, 0.05) is 5.56 Å². The number of hydrogen-bond acceptors (Lipinski definition) is 4. The maximum absolute atomic E-state index is 5.90. The maximum Gasteiger partial charge on any atom is 0.226 e. The van der Waals surface area contributed by atoms with E-state index in [1.807, 2.05) is 6.07 Å². The van der Waals surface area contributed by atoms with E-state index in [0.717, 1.165) is 10.2 Å². The molecule has 0 bridgehead atoms. The normalized spacial score (nSPS) is 10.2. The van der Waals surface area contributed by atoms with Gasteiger partial charge >= 0.3 is 0 Å². The van der Waals surface area contributed by atoms with Gasteiger partial charge in [0.1, 0.15) is 23.0 Å². The highest BCUT2D eigenvalue weighted by molar-refractivity contribution is 9.10. The van der Waals surface area contributed by atoms with Crippen LogP contribution in [0.5, 0.6) is 17.4 Å². The molecule has 2 rings (SSSR count). The summed E-state index contributed by atoms with van der Waals surface area (Å²) in [7, 11) is 1.61. The van der Waals surface area contributed by atoms with Gasteiger partial charge in [0.25, 0.3) is 0 Å². The molecule has 1 aromatic carbocycles. The fraction of sp³-hybridized carbons (Fsp3) is 0.167.